The van der Waals surface area contributed by atoms with E-state index >= 15 is 0 Å². The van der Waals surface area contributed by atoms with E-state index in [0.29, 0.717) is 12.0 Å². The second-order valence-corrected chi connectivity index (χ2v) is 5.35. The van der Waals surface area contributed by atoms with E-state index < -0.39 is 0 Å². The number of aryl methyl sites for hydroxylation is 1. The van der Waals surface area contributed by atoms with Crippen molar-refractivity contribution >= 4 is 0 Å². The summed E-state index contributed by atoms with van der Waals surface area (Å²) in [5, 5.41) is 7.93. The van der Waals surface area contributed by atoms with Crippen LogP contribution in [0, 0.1) is 0 Å². The molecule has 0 bridgehead atoms. The standard InChI is InChI=1S/C16H23N3/c1-11(2)16-15(10-19(5)18-16)14-9-7-6-8-13(14)12(3)17-4/h6-12,17H,1-5H3. The van der Waals surface area contributed by atoms with Crippen molar-refractivity contribution in [2.75, 3.05) is 7.05 Å². The summed E-state index contributed by atoms with van der Waals surface area (Å²) in [5.41, 5.74) is 5.01. The molecule has 2 aromatic rings. The van der Waals surface area contributed by atoms with Gasteiger partial charge in [-0.2, -0.15) is 5.10 Å². The molecule has 1 atom stereocenters. The number of nitrogens with one attached hydrogen (secondary N) is 1. The second kappa shape index (κ2) is 5.57. The van der Waals surface area contributed by atoms with Crippen molar-refractivity contribution in [2.45, 2.75) is 32.7 Å². The van der Waals surface area contributed by atoms with E-state index in [1.807, 2.05) is 18.8 Å². The molecule has 0 saturated carbocycles. The molecular formula is C16H23N3. The fourth-order valence-corrected chi connectivity index (χ4v) is 2.42. The van der Waals surface area contributed by atoms with Crippen molar-refractivity contribution < 1.29 is 0 Å². The molecule has 3 heteroatoms. The van der Waals surface area contributed by atoms with Crippen molar-refractivity contribution in [1.29, 1.82) is 0 Å². The Morgan fingerprint density at radius 1 is 1.11 bits per heavy atom. The zero-order valence-electron chi connectivity index (χ0n) is 12.4. The lowest BCUT2D eigenvalue weighted by molar-refractivity contribution is 0.653. The third kappa shape index (κ3) is 2.71. The quantitative estimate of drug-likeness (QED) is 0.908. The summed E-state index contributed by atoms with van der Waals surface area (Å²) >= 11 is 0. The number of hydrogen-bond donors (Lipinski definition) is 1. The molecule has 0 spiro atoms. The Hall–Kier alpha value is -1.61. The number of nitrogens with zero attached hydrogens (tertiary/aromatic N) is 2. The van der Waals surface area contributed by atoms with Gasteiger partial charge in [0, 0.05) is 24.8 Å². The largest absolute Gasteiger partial charge is 0.313 e. The van der Waals surface area contributed by atoms with Gasteiger partial charge in [0.1, 0.15) is 0 Å². The molecule has 0 aliphatic carbocycles. The molecule has 2 rings (SSSR count). The Labute approximate surface area is 115 Å². The van der Waals surface area contributed by atoms with E-state index in [4.69, 9.17) is 0 Å². The molecule has 0 radical (unpaired) electrons. The smallest absolute Gasteiger partial charge is 0.0728 e. The van der Waals surface area contributed by atoms with Gasteiger partial charge in [0.25, 0.3) is 0 Å². The van der Waals surface area contributed by atoms with Gasteiger partial charge in [-0.3, -0.25) is 4.68 Å². The molecule has 0 saturated heterocycles. The van der Waals surface area contributed by atoms with Crippen LogP contribution in [0.2, 0.25) is 0 Å². The molecule has 1 heterocycles. The van der Waals surface area contributed by atoms with Gasteiger partial charge >= 0.3 is 0 Å². The maximum Gasteiger partial charge on any atom is 0.0728 e. The molecule has 102 valence electrons. The van der Waals surface area contributed by atoms with Crippen molar-refractivity contribution in [3.05, 3.63) is 41.7 Å². The van der Waals surface area contributed by atoms with Crippen molar-refractivity contribution in [3.63, 3.8) is 0 Å². The van der Waals surface area contributed by atoms with Crippen molar-refractivity contribution in [1.82, 2.24) is 15.1 Å². The van der Waals surface area contributed by atoms with Crippen LogP contribution in [0.15, 0.2) is 30.5 Å². The highest BCUT2D eigenvalue weighted by Gasteiger charge is 2.17. The van der Waals surface area contributed by atoms with E-state index in [1.165, 1.54) is 22.4 Å². The van der Waals surface area contributed by atoms with Gasteiger partial charge in [-0.15, -0.1) is 0 Å². The summed E-state index contributed by atoms with van der Waals surface area (Å²) in [6.07, 6.45) is 2.12. The third-order valence-electron chi connectivity index (χ3n) is 3.55. The van der Waals surface area contributed by atoms with Crippen LogP contribution in [0.3, 0.4) is 0 Å². The second-order valence-electron chi connectivity index (χ2n) is 5.35. The molecule has 0 aliphatic rings. The van der Waals surface area contributed by atoms with Gasteiger partial charge in [0.05, 0.1) is 5.69 Å². The maximum absolute atomic E-state index is 4.61. The van der Waals surface area contributed by atoms with Crippen LogP contribution in [0.25, 0.3) is 11.1 Å². The van der Waals surface area contributed by atoms with E-state index in [1.54, 1.807) is 0 Å². The first kappa shape index (κ1) is 13.8. The van der Waals surface area contributed by atoms with Gasteiger partial charge < -0.3 is 5.32 Å². The Bertz CT molecular complexity index is 555. The predicted octanol–water partition coefficient (Wildman–Crippen LogP) is 3.49. The Morgan fingerprint density at radius 3 is 2.42 bits per heavy atom. The summed E-state index contributed by atoms with van der Waals surface area (Å²) in [5.74, 6) is 0.425. The normalized spacial score (nSPS) is 12.9. The molecule has 1 aromatic heterocycles. The fraction of sp³-hybridized carbons (Fsp3) is 0.438. The van der Waals surface area contributed by atoms with Crippen LogP contribution < -0.4 is 5.32 Å². The average molecular weight is 257 g/mol. The molecule has 3 nitrogen and oxygen atoms in total. The molecule has 0 aliphatic heterocycles. The Morgan fingerprint density at radius 2 is 1.79 bits per heavy atom. The minimum absolute atomic E-state index is 0.330. The number of hydrogen-bond acceptors (Lipinski definition) is 2. The highest BCUT2D eigenvalue weighted by Crippen LogP contribution is 2.33. The first-order valence-electron chi connectivity index (χ1n) is 6.84. The molecule has 1 aromatic carbocycles. The maximum atomic E-state index is 4.61. The van der Waals surface area contributed by atoms with Gasteiger partial charge in [0.15, 0.2) is 0 Å². The summed E-state index contributed by atoms with van der Waals surface area (Å²) in [6.45, 7) is 6.57. The van der Waals surface area contributed by atoms with Gasteiger partial charge in [-0.05, 0) is 31.0 Å². The van der Waals surface area contributed by atoms with E-state index in [0.717, 1.165) is 0 Å². The number of aromatic nitrogens is 2. The Kier molecular flexibility index (Phi) is 4.05. The third-order valence-corrected chi connectivity index (χ3v) is 3.55. The summed E-state index contributed by atoms with van der Waals surface area (Å²) in [7, 11) is 3.98. The molecule has 19 heavy (non-hydrogen) atoms. The van der Waals surface area contributed by atoms with Gasteiger partial charge in [-0.1, -0.05) is 38.1 Å². The van der Waals surface area contributed by atoms with Gasteiger partial charge in [-0.25, -0.2) is 0 Å². The monoisotopic (exact) mass is 257 g/mol. The summed E-state index contributed by atoms with van der Waals surface area (Å²) < 4.78 is 1.91. The van der Waals surface area contributed by atoms with Crippen molar-refractivity contribution in [2.24, 2.45) is 7.05 Å². The SMILES string of the molecule is CNC(C)c1ccccc1-c1cn(C)nc1C(C)C. The first-order valence-corrected chi connectivity index (χ1v) is 6.84. The minimum atomic E-state index is 0.330. The lowest BCUT2D eigenvalue weighted by atomic mass is 9.93. The van der Waals surface area contributed by atoms with Crippen LogP contribution in [-0.4, -0.2) is 16.8 Å². The highest BCUT2D eigenvalue weighted by molar-refractivity contribution is 5.70. The lowest BCUT2D eigenvalue weighted by Gasteiger charge is -2.16. The number of benzene rings is 1. The van der Waals surface area contributed by atoms with E-state index in [9.17, 15) is 0 Å². The van der Waals surface area contributed by atoms with Gasteiger partial charge in [0.2, 0.25) is 0 Å². The molecule has 0 amide bonds. The van der Waals surface area contributed by atoms with Crippen LogP contribution >= 0.6 is 0 Å². The summed E-state index contributed by atoms with van der Waals surface area (Å²) in [6, 6.07) is 8.90. The Balaban J connectivity index is 2.59. The average Bonchev–Trinajstić information content (AvgIpc) is 2.80. The topological polar surface area (TPSA) is 29.9 Å². The highest BCUT2D eigenvalue weighted by atomic mass is 15.3. The molecule has 1 unspecified atom stereocenters. The minimum Gasteiger partial charge on any atom is -0.313 e. The van der Waals surface area contributed by atoms with Crippen LogP contribution in [0.5, 0.6) is 0 Å². The zero-order valence-corrected chi connectivity index (χ0v) is 12.4. The van der Waals surface area contributed by atoms with Crippen molar-refractivity contribution in [3.8, 4) is 11.1 Å². The number of rotatable bonds is 4. The molecule has 1 N–H and O–H groups in total. The van der Waals surface area contributed by atoms with Crippen LogP contribution in [-0.2, 0) is 7.05 Å². The molecular weight excluding hydrogens is 234 g/mol. The van der Waals surface area contributed by atoms with Crippen LogP contribution in [0.1, 0.15) is 44.0 Å². The summed E-state index contributed by atoms with van der Waals surface area (Å²) in [4.78, 5) is 0. The van der Waals surface area contributed by atoms with E-state index in [-0.39, 0.29) is 0 Å². The van der Waals surface area contributed by atoms with E-state index in [2.05, 4.69) is 61.6 Å². The molecule has 0 fully saturated rings. The first-order chi connectivity index (χ1) is 9.04. The lowest BCUT2D eigenvalue weighted by Crippen LogP contribution is -2.13. The van der Waals surface area contributed by atoms with Crippen LogP contribution in [0.4, 0.5) is 0 Å². The zero-order chi connectivity index (χ0) is 14.0. The predicted molar refractivity (Wildman–Crippen MR) is 80.2 cm³/mol. The fourth-order valence-electron chi connectivity index (χ4n) is 2.42.